The molecule has 0 radical (unpaired) electrons. The molecule has 2 heterocycles. The van der Waals surface area contributed by atoms with Crippen LogP contribution in [0.3, 0.4) is 0 Å². The number of hydrogen-bond donors (Lipinski definition) is 2. The molecule has 0 saturated carbocycles. The molecule has 0 fully saturated rings. The summed E-state index contributed by atoms with van der Waals surface area (Å²) in [5.74, 6) is 0. The molecule has 0 aliphatic carbocycles. The summed E-state index contributed by atoms with van der Waals surface area (Å²) >= 11 is 0. The summed E-state index contributed by atoms with van der Waals surface area (Å²) in [5, 5.41) is 21.8. The zero-order valence-electron chi connectivity index (χ0n) is 6.01. The van der Waals surface area contributed by atoms with E-state index in [-0.39, 0.29) is 0 Å². The Morgan fingerprint density at radius 3 is 3.00 bits per heavy atom. The number of hydrogen-bond acceptors (Lipinski definition) is 5. The zero-order valence-corrected chi connectivity index (χ0v) is 6.01. The van der Waals surface area contributed by atoms with Crippen LogP contribution in [-0.4, -0.2) is 27.3 Å². The smallest absolute Gasteiger partial charge is 0.423 e. The molecular formula is C6H5BN2O3. The lowest BCUT2D eigenvalue weighted by molar-refractivity contribution is 0.425. The minimum Gasteiger partial charge on any atom is -0.423 e. The van der Waals surface area contributed by atoms with Crippen molar-refractivity contribution in [2.75, 3.05) is 0 Å². The Hall–Kier alpha value is -1.40. The van der Waals surface area contributed by atoms with Crippen molar-refractivity contribution in [3.8, 4) is 0 Å². The van der Waals surface area contributed by atoms with E-state index in [9.17, 15) is 0 Å². The van der Waals surface area contributed by atoms with Crippen molar-refractivity contribution in [1.29, 1.82) is 0 Å². The molecule has 0 aliphatic rings. The van der Waals surface area contributed by atoms with Gasteiger partial charge in [0.15, 0.2) is 0 Å². The Kier molecular flexibility index (Phi) is 1.56. The van der Waals surface area contributed by atoms with Crippen LogP contribution in [0.5, 0.6) is 0 Å². The van der Waals surface area contributed by atoms with Gasteiger partial charge in [-0.3, -0.25) is 0 Å². The second-order valence-corrected chi connectivity index (χ2v) is 2.37. The first-order chi connectivity index (χ1) is 5.77. The minimum absolute atomic E-state index is 0.325. The van der Waals surface area contributed by atoms with Crippen molar-refractivity contribution >= 4 is 23.6 Å². The van der Waals surface area contributed by atoms with Crippen LogP contribution in [0.1, 0.15) is 0 Å². The Labute approximate surface area is 67.8 Å². The Balaban J connectivity index is 2.60. The average molecular weight is 164 g/mol. The van der Waals surface area contributed by atoms with Crippen molar-refractivity contribution in [2.45, 2.75) is 0 Å². The second-order valence-electron chi connectivity index (χ2n) is 2.37. The van der Waals surface area contributed by atoms with Gasteiger partial charge in [-0.1, -0.05) is 5.16 Å². The van der Waals surface area contributed by atoms with Crippen LogP contribution in [0.15, 0.2) is 23.0 Å². The van der Waals surface area contributed by atoms with Gasteiger partial charge in [0, 0.05) is 11.7 Å². The van der Waals surface area contributed by atoms with E-state index in [4.69, 9.17) is 10.0 Å². The first-order valence-corrected chi connectivity index (χ1v) is 3.33. The number of rotatable bonds is 1. The normalized spacial score (nSPS) is 10.5. The van der Waals surface area contributed by atoms with E-state index in [0.717, 1.165) is 0 Å². The molecule has 0 bridgehead atoms. The summed E-state index contributed by atoms with van der Waals surface area (Å²) in [4.78, 5) is 3.84. The van der Waals surface area contributed by atoms with Crippen molar-refractivity contribution < 1.29 is 14.6 Å². The van der Waals surface area contributed by atoms with E-state index in [0.29, 0.717) is 16.5 Å². The van der Waals surface area contributed by atoms with Crippen LogP contribution in [0.25, 0.3) is 11.0 Å². The van der Waals surface area contributed by atoms with Gasteiger partial charge >= 0.3 is 7.12 Å². The van der Waals surface area contributed by atoms with Gasteiger partial charge in [0.1, 0.15) is 6.26 Å². The van der Waals surface area contributed by atoms with Gasteiger partial charge in [0.25, 0.3) is 0 Å². The van der Waals surface area contributed by atoms with Gasteiger partial charge < -0.3 is 14.6 Å². The molecule has 12 heavy (non-hydrogen) atoms. The minimum atomic E-state index is -1.50. The predicted molar refractivity (Wildman–Crippen MR) is 41.6 cm³/mol. The van der Waals surface area contributed by atoms with Gasteiger partial charge in [-0.2, -0.15) is 0 Å². The molecule has 0 saturated heterocycles. The maximum Gasteiger partial charge on any atom is 0.490 e. The van der Waals surface area contributed by atoms with Crippen molar-refractivity contribution in [2.24, 2.45) is 0 Å². The molecule has 0 aromatic carbocycles. The van der Waals surface area contributed by atoms with Gasteiger partial charge in [-0.05, 0) is 6.07 Å². The van der Waals surface area contributed by atoms with Crippen LogP contribution in [0, 0.1) is 0 Å². The highest BCUT2D eigenvalue weighted by Gasteiger charge is 2.12. The first kappa shape index (κ1) is 7.26. The quantitative estimate of drug-likeness (QED) is 0.523. The molecule has 2 N–H and O–H groups in total. The second kappa shape index (κ2) is 2.58. The van der Waals surface area contributed by atoms with Crippen LogP contribution >= 0.6 is 0 Å². The molecule has 0 atom stereocenters. The Morgan fingerprint density at radius 2 is 2.25 bits per heavy atom. The third-order valence-corrected chi connectivity index (χ3v) is 1.53. The maximum absolute atomic E-state index is 8.79. The van der Waals surface area contributed by atoms with E-state index < -0.39 is 7.12 Å². The monoisotopic (exact) mass is 164 g/mol. The number of fused-ring (bicyclic) bond motifs is 1. The first-order valence-electron chi connectivity index (χ1n) is 3.33. The van der Waals surface area contributed by atoms with E-state index in [1.807, 2.05) is 0 Å². The van der Waals surface area contributed by atoms with Gasteiger partial charge in [-0.15, -0.1) is 0 Å². The fourth-order valence-corrected chi connectivity index (χ4v) is 0.929. The topological polar surface area (TPSA) is 79.4 Å². The van der Waals surface area contributed by atoms with Crippen molar-refractivity contribution in [3.05, 3.63) is 18.5 Å². The predicted octanol–water partition coefficient (Wildman–Crippen LogP) is -1.10. The fraction of sp³-hybridized carbons (Fsp3) is 0. The summed E-state index contributed by atoms with van der Waals surface area (Å²) in [7, 11) is -1.50. The van der Waals surface area contributed by atoms with Crippen LogP contribution < -0.4 is 5.46 Å². The van der Waals surface area contributed by atoms with Gasteiger partial charge in [0.2, 0.25) is 5.65 Å². The summed E-state index contributed by atoms with van der Waals surface area (Å²) in [6.07, 6.45) is 2.74. The summed E-state index contributed by atoms with van der Waals surface area (Å²) < 4.78 is 4.62. The molecule has 0 spiro atoms. The SMILES string of the molecule is OB(O)c1cnc2nocc2c1. The Morgan fingerprint density at radius 1 is 1.42 bits per heavy atom. The summed E-state index contributed by atoms with van der Waals surface area (Å²) in [6, 6.07) is 1.56. The van der Waals surface area contributed by atoms with E-state index >= 15 is 0 Å². The average Bonchev–Trinajstić information content (AvgIpc) is 2.49. The van der Waals surface area contributed by atoms with E-state index in [2.05, 4.69) is 14.7 Å². The number of nitrogens with zero attached hydrogens (tertiary/aromatic N) is 2. The highest BCUT2D eigenvalue weighted by atomic mass is 16.5. The lowest BCUT2D eigenvalue weighted by atomic mass is 9.81. The molecule has 2 rings (SSSR count). The lowest BCUT2D eigenvalue weighted by Gasteiger charge is -1.95. The highest BCUT2D eigenvalue weighted by molar-refractivity contribution is 6.58. The van der Waals surface area contributed by atoms with Crippen LogP contribution in [0.2, 0.25) is 0 Å². The molecule has 2 aromatic heterocycles. The third kappa shape index (κ3) is 1.07. The van der Waals surface area contributed by atoms with Gasteiger partial charge in [-0.25, -0.2) is 4.98 Å². The van der Waals surface area contributed by atoms with Crippen molar-refractivity contribution in [3.63, 3.8) is 0 Å². The van der Waals surface area contributed by atoms with Crippen LogP contribution in [-0.2, 0) is 0 Å². The lowest BCUT2D eigenvalue weighted by Crippen LogP contribution is -2.29. The molecule has 60 valence electrons. The highest BCUT2D eigenvalue weighted by Crippen LogP contribution is 2.05. The van der Waals surface area contributed by atoms with E-state index in [1.54, 1.807) is 6.07 Å². The molecular weight excluding hydrogens is 159 g/mol. The molecule has 5 nitrogen and oxygen atoms in total. The summed E-state index contributed by atoms with van der Waals surface area (Å²) in [5.41, 5.74) is 0.783. The van der Waals surface area contributed by atoms with Crippen molar-refractivity contribution in [1.82, 2.24) is 10.1 Å². The van der Waals surface area contributed by atoms with Crippen LogP contribution in [0.4, 0.5) is 0 Å². The molecule has 0 amide bonds. The fourth-order valence-electron chi connectivity index (χ4n) is 0.929. The molecule has 0 aliphatic heterocycles. The third-order valence-electron chi connectivity index (χ3n) is 1.53. The zero-order chi connectivity index (χ0) is 8.55. The maximum atomic E-state index is 8.79. The standard InChI is InChI=1S/C6H5BN2O3/c10-7(11)5-1-4-3-12-9-6(4)8-2-5/h1-3,10-11H. The molecule has 0 unspecified atom stereocenters. The largest absolute Gasteiger partial charge is 0.490 e. The number of aromatic nitrogens is 2. The Bertz CT molecular complexity index is 400. The molecule has 2 aromatic rings. The van der Waals surface area contributed by atoms with E-state index in [1.165, 1.54) is 12.5 Å². The molecule has 6 heteroatoms. The van der Waals surface area contributed by atoms with Gasteiger partial charge in [0.05, 0.1) is 5.39 Å². The number of pyridine rings is 1. The summed E-state index contributed by atoms with van der Waals surface area (Å²) in [6.45, 7) is 0.